The van der Waals surface area contributed by atoms with Gasteiger partial charge < -0.3 is 4.90 Å². The normalized spacial score (nSPS) is 17.9. The van der Waals surface area contributed by atoms with E-state index in [9.17, 15) is 4.79 Å². The molecule has 1 atom stereocenters. The molecular formula is C15H20N6O. The van der Waals surface area contributed by atoms with Crippen LogP contribution in [0, 0.1) is 6.92 Å². The molecule has 2 aromatic rings. The summed E-state index contributed by atoms with van der Waals surface area (Å²) in [5.41, 5.74) is 1.80. The Labute approximate surface area is 129 Å². The molecule has 1 aliphatic rings. The van der Waals surface area contributed by atoms with E-state index >= 15 is 0 Å². The highest BCUT2D eigenvalue weighted by molar-refractivity contribution is 5.76. The van der Waals surface area contributed by atoms with E-state index in [0.29, 0.717) is 13.0 Å². The second kappa shape index (κ2) is 6.64. The standard InChI is InChI=1S/C15H20N6O/c1-12-8-16-9-13(19-12)14-4-2-7-21(14)15(22)5-3-6-20-11-17-10-18-20/h8-11,14H,2-7H2,1H3/t14-/m0/s1. The first kappa shape index (κ1) is 14.6. The molecular weight excluding hydrogens is 280 g/mol. The van der Waals surface area contributed by atoms with Crippen LogP contribution >= 0.6 is 0 Å². The van der Waals surface area contributed by atoms with Crippen molar-refractivity contribution >= 4 is 5.91 Å². The topological polar surface area (TPSA) is 76.8 Å². The molecule has 0 unspecified atom stereocenters. The summed E-state index contributed by atoms with van der Waals surface area (Å²) in [5, 5.41) is 4.05. The number of aryl methyl sites for hydroxylation is 2. The van der Waals surface area contributed by atoms with Crippen LogP contribution in [0.5, 0.6) is 0 Å². The summed E-state index contributed by atoms with van der Waals surface area (Å²) < 4.78 is 1.75. The predicted octanol–water partition coefficient (Wildman–Crippen LogP) is 1.52. The maximum Gasteiger partial charge on any atom is 0.223 e. The minimum atomic E-state index is 0.0753. The molecule has 1 aliphatic heterocycles. The molecule has 0 saturated carbocycles. The molecule has 0 aliphatic carbocycles. The van der Waals surface area contributed by atoms with Gasteiger partial charge in [-0.15, -0.1) is 0 Å². The summed E-state index contributed by atoms with van der Waals surface area (Å²) in [6.45, 7) is 3.45. The highest BCUT2D eigenvalue weighted by atomic mass is 16.2. The first-order chi connectivity index (χ1) is 10.7. The third-order valence-electron chi connectivity index (χ3n) is 3.93. The Bertz CT molecular complexity index is 627. The summed E-state index contributed by atoms with van der Waals surface area (Å²) in [6, 6.07) is 0.0753. The van der Waals surface area contributed by atoms with E-state index in [1.165, 1.54) is 6.33 Å². The van der Waals surface area contributed by atoms with Crippen LogP contribution in [0.2, 0.25) is 0 Å². The Morgan fingerprint density at radius 2 is 2.27 bits per heavy atom. The van der Waals surface area contributed by atoms with Crippen molar-refractivity contribution in [2.45, 2.75) is 45.2 Å². The molecule has 0 N–H and O–H groups in total. The van der Waals surface area contributed by atoms with Gasteiger partial charge in [0.15, 0.2) is 0 Å². The Hall–Kier alpha value is -2.31. The van der Waals surface area contributed by atoms with Crippen LogP contribution in [0.3, 0.4) is 0 Å². The van der Waals surface area contributed by atoms with Crippen molar-refractivity contribution in [1.29, 1.82) is 0 Å². The third kappa shape index (κ3) is 3.29. The minimum Gasteiger partial charge on any atom is -0.334 e. The monoisotopic (exact) mass is 300 g/mol. The number of nitrogens with zero attached hydrogens (tertiary/aromatic N) is 6. The van der Waals surface area contributed by atoms with Crippen LogP contribution in [-0.2, 0) is 11.3 Å². The van der Waals surface area contributed by atoms with Gasteiger partial charge in [0.2, 0.25) is 5.91 Å². The van der Waals surface area contributed by atoms with Gasteiger partial charge in [-0.25, -0.2) is 4.98 Å². The minimum absolute atomic E-state index is 0.0753. The van der Waals surface area contributed by atoms with Crippen LogP contribution in [0.1, 0.15) is 43.1 Å². The molecule has 116 valence electrons. The van der Waals surface area contributed by atoms with Crippen molar-refractivity contribution in [1.82, 2.24) is 29.6 Å². The van der Waals surface area contributed by atoms with Crippen LogP contribution in [0.4, 0.5) is 0 Å². The molecule has 3 heterocycles. The van der Waals surface area contributed by atoms with Crippen LogP contribution < -0.4 is 0 Å². The molecule has 3 rings (SSSR count). The predicted molar refractivity (Wildman–Crippen MR) is 79.7 cm³/mol. The van der Waals surface area contributed by atoms with Gasteiger partial charge in [0.05, 0.1) is 23.6 Å². The molecule has 7 heteroatoms. The molecule has 0 radical (unpaired) electrons. The van der Waals surface area contributed by atoms with E-state index in [4.69, 9.17) is 0 Å². The molecule has 0 aromatic carbocycles. The zero-order valence-corrected chi connectivity index (χ0v) is 12.7. The number of carbonyl (C=O) groups excluding carboxylic acids is 1. The van der Waals surface area contributed by atoms with E-state index in [0.717, 1.165) is 37.2 Å². The van der Waals surface area contributed by atoms with Crippen molar-refractivity contribution < 1.29 is 4.79 Å². The van der Waals surface area contributed by atoms with Gasteiger partial charge in [0.25, 0.3) is 0 Å². The summed E-state index contributed by atoms with van der Waals surface area (Å²) in [5.74, 6) is 0.186. The number of rotatable bonds is 5. The number of hydrogen-bond donors (Lipinski definition) is 0. The van der Waals surface area contributed by atoms with E-state index in [2.05, 4.69) is 20.1 Å². The Kier molecular flexibility index (Phi) is 4.41. The zero-order valence-electron chi connectivity index (χ0n) is 12.7. The maximum absolute atomic E-state index is 12.5. The highest BCUT2D eigenvalue weighted by Gasteiger charge is 2.30. The van der Waals surface area contributed by atoms with Crippen molar-refractivity contribution in [2.75, 3.05) is 6.54 Å². The average Bonchev–Trinajstić information content (AvgIpc) is 3.18. The fourth-order valence-corrected chi connectivity index (χ4v) is 2.90. The van der Waals surface area contributed by atoms with Gasteiger partial charge in [-0.2, -0.15) is 5.10 Å². The third-order valence-corrected chi connectivity index (χ3v) is 3.93. The zero-order chi connectivity index (χ0) is 15.4. The Morgan fingerprint density at radius 1 is 1.36 bits per heavy atom. The lowest BCUT2D eigenvalue weighted by Gasteiger charge is -2.24. The van der Waals surface area contributed by atoms with Crippen molar-refractivity contribution in [2.24, 2.45) is 0 Å². The highest BCUT2D eigenvalue weighted by Crippen LogP contribution is 2.31. The first-order valence-electron chi connectivity index (χ1n) is 7.64. The quantitative estimate of drug-likeness (QED) is 0.836. The van der Waals surface area contributed by atoms with Gasteiger partial charge in [-0.3, -0.25) is 19.4 Å². The van der Waals surface area contributed by atoms with Crippen LogP contribution in [0.15, 0.2) is 25.0 Å². The molecule has 0 spiro atoms. The Morgan fingerprint density at radius 3 is 3.05 bits per heavy atom. The Balaban J connectivity index is 1.59. The molecule has 1 amide bonds. The second-order valence-corrected chi connectivity index (χ2v) is 5.59. The summed E-state index contributed by atoms with van der Waals surface area (Å²) >= 11 is 0. The molecule has 1 saturated heterocycles. The van der Waals surface area contributed by atoms with Gasteiger partial charge in [0, 0.05) is 25.7 Å². The second-order valence-electron chi connectivity index (χ2n) is 5.59. The van der Waals surface area contributed by atoms with E-state index < -0.39 is 0 Å². The van der Waals surface area contributed by atoms with Crippen molar-refractivity contribution in [3.8, 4) is 0 Å². The number of carbonyl (C=O) groups is 1. The molecule has 7 nitrogen and oxygen atoms in total. The van der Waals surface area contributed by atoms with Crippen molar-refractivity contribution in [3.05, 3.63) is 36.4 Å². The SMILES string of the molecule is Cc1cncc([C@@H]2CCCN2C(=O)CCCn2cncn2)n1. The lowest BCUT2D eigenvalue weighted by Crippen LogP contribution is -2.31. The number of aromatic nitrogens is 5. The lowest BCUT2D eigenvalue weighted by atomic mass is 10.1. The van der Waals surface area contributed by atoms with E-state index in [-0.39, 0.29) is 11.9 Å². The van der Waals surface area contributed by atoms with Gasteiger partial charge in [-0.05, 0) is 26.2 Å². The summed E-state index contributed by atoms with van der Waals surface area (Å²) in [7, 11) is 0. The number of likely N-dealkylation sites (tertiary alicyclic amines) is 1. The fourth-order valence-electron chi connectivity index (χ4n) is 2.90. The van der Waals surface area contributed by atoms with Crippen molar-refractivity contribution in [3.63, 3.8) is 0 Å². The fraction of sp³-hybridized carbons (Fsp3) is 0.533. The van der Waals surface area contributed by atoms with E-state index in [1.807, 2.05) is 11.8 Å². The van der Waals surface area contributed by atoms with Gasteiger partial charge in [0.1, 0.15) is 12.7 Å². The number of hydrogen-bond acceptors (Lipinski definition) is 5. The average molecular weight is 300 g/mol. The molecule has 1 fully saturated rings. The van der Waals surface area contributed by atoms with Gasteiger partial charge in [-0.1, -0.05) is 0 Å². The first-order valence-corrected chi connectivity index (χ1v) is 7.64. The smallest absolute Gasteiger partial charge is 0.223 e. The molecule has 0 bridgehead atoms. The maximum atomic E-state index is 12.5. The number of amides is 1. The lowest BCUT2D eigenvalue weighted by molar-refractivity contribution is -0.132. The van der Waals surface area contributed by atoms with E-state index in [1.54, 1.807) is 23.4 Å². The summed E-state index contributed by atoms with van der Waals surface area (Å²) in [6.07, 6.45) is 9.98. The molecule has 22 heavy (non-hydrogen) atoms. The largest absolute Gasteiger partial charge is 0.334 e. The molecule has 2 aromatic heterocycles. The van der Waals surface area contributed by atoms with Crippen LogP contribution in [-0.4, -0.2) is 42.1 Å². The van der Waals surface area contributed by atoms with Crippen LogP contribution in [0.25, 0.3) is 0 Å². The van der Waals surface area contributed by atoms with Gasteiger partial charge >= 0.3 is 0 Å². The summed E-state index contributed by atoms with van der Waals surface area (Å²) in [4.78, 5) is 27.1.